The summed E-state index contributed by atoms with van der Waals surface area (Å²) in [7, 11) is 1.34. The van der Waals surface area contributed by atoms with E-state index in [0.29, 0.717) is 17.1 Å². The van der Waals surface area contributed by atoms with E-state index >= 15 is 0 Å². The Morgan fingerprint density at radius 1 is 1.23 bits per heavy atom. The van der Waals surface area contributed by atoms with E-state index in [-0.39, 0.29) is 11.3 Å². The molecule has 2 unspecified atom stereocenters. The molecule has 2 aromatic carbocycles. The van der Waals surface area contributed by atoms with Crippen LogP contribution in [-0.2, 0) is 15.7 Å². The van der Waals surface area contributed by atoms with Gasteiger partial charge < -0.3 is 10.1 Å². The molecule has 1 heterocycles. The molecule has 0 aliphatic carbocycles. The molecule has 1 aliphatic heterocycles. The molecule has 1 fully saturated rings. The summed E-state index contributed by atoms with van der Waals surface area (Å²) in [5.41, 5.74) is 1.18. The number of benzene rings is 2. The first-order chi connectivity index (χ1) is 12.4. The highest BCUT2D eigenvalue weighted by Gasteiger charge is 2.33. The van der Waals surface area contributed by atoms with Gasteiger partial charge in [-0.3, -0.25) is 10.1 Å². The van der Waals surface area contributed by atoms with Crippen molar-refractivity contribution in [2.24, 2.45) is 0 Å². The number of hydrogen-bond acceptors (Lipinski definition) is 5. The normalized spacial score (nSPS) is 20.0. The van der Waals surface area contributed by atoms with Crippen LogP contribution >= 0.6 is 11.8 Å². The molecule has 0 aromatic heterocycles. The molecule has 0 bridgehead atoms. The molecule has 0 amide bonds. The molecule has 1 aliphatic rings. The topological polar surface area (TPSA) is 50.4 Å². The Balaban J connectivity index is 1.82. The zero-order valence-electron chi connectivity index (χ0n) is 13.8. The van der Waals surface area contributed by atoms with Crippen molar-refractivity contribution in [3.8, 4) is 0 Å². The Hall–Kier alpha value is -2.19. The highest BCUT2D eigenvalue weighted by Crippen LogP contribution is 2.38. The Kier molecular flexibility index (Phi) is 5.43. The average Bonchev–Trinajstić information content (AvgIpc) is 3.11. The number of carbonyl (C=O) groups is 1. The maximum Gasteiger partial charge on any atom is 0.416 e. The van der Waals surface area contributed by atoms with Crippen LogP contribution in [0, 0.1) is 0 Å². The summed E-state index contributed by atoms with van der Waals surface area (Å²) < 4.78 is 43.4. The van der Waals surface area contributed by atoms with Gasteiger partial charge in [0.05, 0.1) is 18.0 Å². The first-order valence-corrected chi connectivity index (χ1v) is 8.92. The number of esters is 1. The van der Waals surface area contributed by atoms with Gasteiger partial charge >= 0.3 is 12.1 Å². The molecule has 26 heavy (non-hydrogen) atoms. The van der Waals surface area contributed by atoms with Gasteiger partial charge in [-0.2, -0.15) is 13.2 Å². The third kappa shape index (κ3) is 4.13. The number of hydrogen-bond donors (Lipinski definition) is 2. The molecule has 138 valence electrons. The van der Waals surface area contributed by atoms with Crippen LogP contribution in [0.3, 0.4) is 0 Å². The van der Waals surface area contributed by atoms with Crippen molar-refractivity contribution in [3.05, 3.63) is 59.7 Å². The van der Waals surface area contributed by atoms with Crippen molar-refractivity contribution in [2.75, 3.05) is 18.2 Å². The summed E-state index contributed by atoms with van der Waals surface area (Å²) in [5, 5.41) is 6.08. The fourth-order valence-corrected chi connectivity index (χ4v) is 3.96. The minimum absolute atomic E-state index is 0.159. The van der Waals surface area contributed by atoms with Gasteiger partial charge in [-0.25, -0.2) is 0 Å². The number of anilines is 2. The second kappa shape index (κ2) is 7.59. The third-order valence-corrected chi connectivity index (χ3v) is 5.23. The van der Waals surface area contributed by atoms with E-state index in [4.69, 9.17) is 4.74 Å². The SMILES string of the molecule is COC(=O)C1CSC(c2ccccc2Nc2cccc(C(F)(F)F)c2)N1. The molecule has 2 atom stereocenters. The van der Waals surface area contributed by atoms with Crippen molar-refractivity contribution in [3.63, 3.8) is 0 Å². The van der Waals surface area contributed by atoms with Gasteiger partial charge in [0.25, 0.3) is 0 Å². The Bertz CT molecular complexity index is 798. The molecule has 1 saturated heterocycles. The van der Waals surface area contributed by atoms with Gasteiger partial charge in [0, 0.05) is 22.7 Å². The highest BCUT2D eigenvalue weighted by atomic mass is 32.2. The fourth-order valence-electron chi connectivity index (χ4n) is 2.70. The van der Waals surface area contributed by atoms with Crippen molar-refractivity contribution in [1.29, 1.82) is 0 Å². The van der Waals surface area contributed by atoms with Crippen molar-refractivity contribution < 1.29 is 22.7 Å². The number of halogens is 3. The standard InChI is InChI=1S/C18H17F3N2O2S/c1-25-17(24)15-10-26-16(23-15)13-7-2-3-8-14(13)22-12-6-4-5-11(9-12)18(19,20)21/h2-9,15-16,22-23H,10H2,1H3. The van der Waals surface area contributed by atoms with Gasteiger partial charge in [-0.1, -0.05) is 24.3 Å². The largest absolute Gasteiger partial charge is 0.468 e. The van der Waals surface area contributed by atoms with Crippen molar-refractivity contribution >= 4 is 29.1 Å². The zero-order chi connectivity index (χ0) is 18.7. The summed E-state index contributed by atoms with van der Waals surface area (Å²) in [6.45, 7) is 0. The van der Waals surface area contributed by atoms with E-state index in [1.807, 2.05) is 12.1 Å². The first-order valence-electron chi connectivity index (χ1n) is 7.87. The second-order valence-electron chi connectivity index (χ2n) is 5.75. The van der Waals surface area contributed by atoms with E-state index < -0.39 is 17.8 Å². The summed E-state index contributed by atoms with van der Waals surface area (Å²) in [6, 6.07) is 12.0. The molecule has 3 rings (SSSR count). The fraction of sp³-hybridized carbons (Fsp3) is 0.278. The van der Waals surface area contributed by atoms with E-state index in [2.05, 4.69) is 10.6 Å². The van der Waals surface area contributed by atoms with Crippen molar-refractivity contribution in [1.82, 2.24) is 5.32 Å². The lowest BCUT2D eigenvalue weighted by atomic mass is 10.1. The lowest BCUT2D eigenvalue weighted by molar-refractivity contribution is -0.142. The summed E-state index contributed by atoms with van der Waals surface area (Å²) in [4.78, 5) is 11.7. The van der Waals surface area contributed by atoms with Gasteiger partial charge in [-0.15, -0.1) is 11.8 Å². The number of ether oxygens (including phenoxy) is 1. The predicted molar refractivity (Wildman–Crippen MR) is 95.3 cm³/mol. The van der Waals surface area contributed by atoms with E-state index in [0.717, 1.165) is 17.7 Å². The predicted octanol–water partition coefficient (Wildman–Crippen LogP) is 4.33. The number of nitrogens with one attached hydrogen (secondary N) is 2. The summed E-state index contributed by atoms with van der Waals surface area (Å²) in [6.07, 6.45) is -4.40. The maximum atomic E-state index is 12.9. The van der Waals surface area contributed by atoms with Crippen molar-refractivity contribution in [2.45, 2.75) is 17.6 Å². The van der Waals surface area contributed by atoms with Crippen LogP contribution in [-0.4, -0.2) is 24.9 Å². The number of thioether (sulfide) groups is 1. The average molecular weight is 382 g/mol. The second-order valence-corrected chi connectivity index (χ2v) is 6.88. The van der Waals surface area contributed by atoms with Crippen LogP contribution in [0.25, 0.3) is 0 Å². The quantitative estimate of drug-likeness (QED) is 0.771. The highest BCUT2D eigenvalue weighted by molar-refractivity contribution is 7.99. The lowest BCUT2D eigenvalue weighted by Crippen LogP contribution is -2.35. The molecule has 0 spiro atoms. The Morgan fingerprint density at radius 3 is 2.73 bits per heavy atom. The van der Waals surface area contributed by atoms with Crippen LogP contribution < -0.4 is 10.6 Å². The van der Waals surface area contributed by atoms with E-state index in [9.17, 15) is 18.0 Å². The molecule has 2 aromatic rings. The molecular weight excluding hydrogens is 365 g/mol. The van der Waals surface area contributed by atoms with E-state index in [1.54, 1.807) is 30.0 Å². The van der Waals surface area contributed by atoms with Gasteiger partial charge in [0.2, 0.25) is 0 Å². The number of alkyl halides is 3. The molecule has 8 heteroatoms. The number of carbonyl (C=O) groups excluding carboxylic acids is 1. The van der Waals surface area contributed by atoms with Gasteiger partial charge in [0.1, 0.15) is 6.04 Å². The summed E-state index contributed by atoms with van der Waals surface area (Å²) >= 11 is 1.55. The van der Waals surface area contributed by atoms with Crippen LogP contribution in [0.1, 0.15) is 16.5 Å². The van der Waals surface area contributed by atoms with Gasteiger partial charge in [0.15, 0.2) is 0 Å². The first kappa shape index (κ1) is 18.6. The summed E-state index contributed by atoms with van der Waals surface area (Å²) in [5.74, 6) is 0.234. The Labute approximate surface area is 153 Å². The smallest absolute Gasteiger partial charge is 0.416 e. The molecule has 4 nitrogen and oxygen atoms in total. The van der Waals surface area contributed by atoms with Gasteiger partial charge in [-0.05, 0) is 24.3 Å². The number of para-hydroxylation sites is 1. The third-order valence-electron chi connectivity index (χ3n) is 3.98. The lowest BCUT2D eigenvalue weighted by Gasteiger charge is -2.18. The van der Waals surface area contributed by atoms with Crippen LogP contribution in [0.5, 0.6) is 0 Å². The molecular formula is C18H17F3N2O2S. The van der Waals surface area contributed by atoms with E-state index in [1.165, 1.54) is 13.2 Å². The zero-order valence-corrected chi connectivity index (χ0v) is 14.7. The number of rotatable bonds is 4. The van der Waals surface area contributed by atoms with Crippen LogP contribution in [0.2, 0.25) is 0 Å². The molecule has 2 N–H and O–H groups in total. The monoisotopic (exact) mass is 382 g/mol. The Morgan fingerprint density at radius 2 is 2.00 bits per heavy atom. The molecule has 0 saturated carbocycles. The van der Waals surface area contributed by atoms with Crippen LogP contribution in [0.4, 0.5) is 24.5 Å². The molecule has 0 radical (unpaired) electrons. The minimum Gasteiger partial charge on any atom is -0.468 e. The van der Waals surface area contributed by atoms with Crippen LogP contribution in [0.15, 0.2) is 48.5 Å². The number of methoxy groups -OCH3 is 1. The minimum atomic E-state index is -4.40. The maximum absolute atomic E-state index is 12.9.